The third kappa shape index (κ3) is 3.42. The molecule has 0 aliphatic rings. The van der Waals surface area contributed by atoms with Gasteiger partial charge in [0.15, 0.2) is 10.3 Å². The summed E-state index contributed by atoms with van der Waals surface area (Å²) in [6.07, 6.45) is 5.12. The molecule has 0 spiro atoms. The summed E-state index contributed by atoms with van der Waals surface area (Å²) < 4.78 is 1.59. The molecule has 0 bridgehead atoms. The van der Waals surface area contributed by atoms with E-state index in [2.05, 4.69) is 20.2 Å². The van der Waals surface area contributed by atoms with Crippen LogP contribution in [0.4, 0.5) is 0 Å². The van der Waals surface area contributed by atoms with E-state index in [1.807, 2.05) is 6.92 Å². The van der Waals surface area contributed by atoms with Gasteiger partial charge in [0.05, 0.1) is 0 Å². The lowest BCUT2D eigenvalue weighted by atomic mass is 10.2. The van der Waals surface area contributed by atoms with Gasteiger partial charge in [0.25, 0.3) is 0 Å². The van der Waals surface area contributed by atoms with Crippen molar-refractivity contribution in [2.75, 3.05) is 6.54 Å². The summed E-state index contributed by atoms with van der Waals surface area (Å²) in [6.45, 7) is 3.21. The molecule has 8 heteroatoms. The Morgan fingerprint density at radius 2 is 2.16 bits per heavy atom. The van der Waals surface area contributed by atoms with Gasteiger partial charge in [-0.3, -0.25) is 4.57 Å². The largest absolute Gasteiger partial charge is 0.343 e. The van der Waals surface area contributed by atoms with E-state index >= 15 is 0 Å². The molecule has 7 nitrogen and oxygen atoms in total. The lowest BCUT2D eigenvalue weighted by Gasteiger charge is -2.03. The summed E-state index contributed by atoms with van der Waals surface area (Å²) >= 11 is 1.27. The number of hydrogen-bond acceptors (Lipinski definition) is 6. The highest BCUT2D eigenvalue weighted by atomic mass is 32.2. The molecular formula is C11H16N6OS. The number of hydrogen-bond donors (Lipinski definition) is 2. The molecule has 0 aliphatic carbocycles. The molecule has 2 rings (SSSR count). The molecule has 0 unspecified atom stereocenters. The highest BCUT2D eigenvalue weighted by Gasteiger charge is 2.10. The SMILES string of the molecule is CCCn1c(Sc2ncc(CCN)cn2)n[nH]c1=O. The second-order valence-electron chi connectivity index (χ2n) is 3.98. The smallest absolute Gasteiger partial charge is 0.330 e. The second kappa shape index (κ2) is 6.48. The molecule has 102 valence electrons. The fourth-order valence-corrected chi connectivity index (χ4v) is 2.32. The summed E-state index contributed by atoms with van der Waals surface area (Å²) in [5.74, 6) is 0. The van der Waals surface area contributed by atoms with Crippen molar-refractivity contribution in [3.63, 3.8) is 0 Å². The lowest BCUT2D eigenvalue weighted by molar-refractivity contribution is 0.603. The third-order valence-corrected chi connectivity index (χ3v) is 3.36. The Balaban J connectivity index is 2.14. The van der Waals surface area contributed by atoms with Crippen LogP contribution < -0.4 is 11.4 Å². The van der Waals surface area contributed by atoms with Crippen LogP contribution in [0.15, 0.2) is 27.5 Å². The first-order valence-corrected chi connectivity index (χ1v) is 6.90. The number of H-pyrrole nitrogens is 1. The van der Waals surface area contributed by atoms with Gasteiger partial charge in [-0.2, -0.15) is 0 Å². The highest BCUT2D eigenvalue weighted by Crippen LogP contribution is 2.20. The number of nitrogens with two attached hydrogens (primary N) is 1. The number of aromatic nitrogens is 5. The maximum Gasteiger partial charge on any atom is 0.343 e. The van der Waals surface area contributed by atoms with Crippen molar-refractivity contribution in [3.8, 4) is 0 Å². The molecule has 19 heavy (non-hydrogen) atoms. The Hall–Kier alpha value is -1.67. The molecule has 2 aromatic heterocycles. The first kappa shape index (κ1) is 13.8. The monoisotopic (exact) mass is 280 g/mol. The van der Waals surface area contributed by atoms with Crippen LogP contribution in [0, 0.1) is 0 Å². The minimum atomic E-state index is -0.205. The molecule has 0 fully saturated rings. The van der Waals surface area contributed by atoms with Gasteiger partial charge < -0.3 is 5.73 Å². The summed E-state index contributed by atoms with van der Waals surface area (Å²) in [7, 11) is 0. The van der Waals surface area contributed by atoms with Crippen LogP contribution in [0.25, 0.3) is 0 Å². The summed E-state index contributed by atoms with van der Waals surface area (Å²) in [4.78, 5) is 20.0. The average Bonchev–Trinajstić information content (AvgIpc) is 2.75. The quantitative estimate of drug-likeness (QED) is 0.744. The Bertz CT molecular complexity index is 576. The van der Waals surface area contributed by atoms with Crippen LogP contribution in [0.3, 0.4) is 0 Å². The van der Waals surface area contributed by atoms with Crippen molar-refractivity contribution in [1.29, 1.82) is 0 Å². The standard InChI is InChI=1S/C11H16N6OS/c1-2-5-17-10(18)15-16-11(17)19-9-13-6-8(3-4-12)7-14-9/h6-7H,2-5,12H2,1H3,(H,15,18). The van der Waals surface area contributed by atoms with Crippen LogP contribution in [0.2, 0.25) is 0 Å². The van der Waals surface area contributed by atoms with E-state index in [1.54, 1.807) is 17.0 Å². The van der Waals surface area contributed by atoms with E-state index < -0.39 is 0 Å². The lowest BCUT2D eigenvalue weighted by Crippen LogP contribution is -2.17. The van der Waals surface area contributed by atoms with E-state index in [9.17, 15) is 4.79 Å². The number of nitrogens with one attached hydrogen (secondary N) is 1. The fraction of sp³-hybridized carbons (Fsp3) is 0.455. The van der Waals surface area contributed by atoms with Crippen molar-refractivity contribution >= 4 is 11.8 Å². The van der Waals surface area contributed by atoms with Gasteiger partial charge in [-0.15, -0.1) is 5.10 Å². The molecule has 0 saturated carbocycles. The molecule has 2 aromatic rings. The van der Waals surface area contributed by atoms with Gasteiger partial charge in [-0.1, -0.05) is 6.92 Å². The molecule has 3 N–H and O–H groups in total. The van der Waals surface area contributed by atoms with Crippen molar-refractivity contribution in [3.05, 3.63) is 28.4 Å². The molecule has 0 amide bonds. The van der Waals surface area contributed by atoms with E-state index in [0.717, 1.165) is 18.4 Å². The van der Waals surface area contributed by atoms with E-state index in [4.69, 9.17) is 5.73 Å². The summed E-state index contributed by atoms with van der Waals surface area (Å²) in [5, 5.41) is 7.56. The van der Waals surface area contributed by atoms with Crippen molar-refractivity contribution in [2.45, 2.75) is 36.6 Å². The Morgan fingerprint density at radius 1 is 1.42 bits per heavy atom. The maximum atomic E-state index is 11.5. The predicted molar refractivity (Wildman–Crippen MR) is 72.1 cm³/mol. The normalized spacial score (nSPS) is 10.8. The zero-order chi connectivity index (χ0) is 13.7. The van der Waals surface area contributed by atoms with Gasteiger partial charge in [0, 0.05) is 18.9 Å². The van der Waals surface area contributed by atoms with E-state index in [1.165, 1.54) is 11.8 Å². The van der Waals surface area contributed by atoms with E-state index in [-0.39, 0.29) is 5.69 Å². The van der Waals surface area contributed by atoms with Gasteiger partial charge >= 0.3 is 5.69 Å². The molecule has 0 aromatic carbocycles. The van der Waals surface area contributed by atoms with Crippen LogP contribution in [-0.2, 0) is 13.0 Å². The molecular weight excluding hydrogens is 264 g/mol. The highest BCUT2D eigenvalue weighted by molar-refractivity contribution is 7.99. The Morgan fingerprint density at radius 3 is 2.79 bits per heavy atom. The second-order valence-corrected chi connectivity index (χ2v) is 4.91. The van der Waals surface area contributed by atoms with Gasteiger partial charge in [0.1, 0.15) is 0 Å². The van der Waals surface area contributed by atoms with Crippen LogP contribution in [0.1, 0.15) is 18.9 Å². The zero-order valence-corrected chi connectivity index (χ0v) is 11.5. The first-order chi connectivity index (χ1) is 9.24. The number of aromatic amines is 1. The predicted octanol–water partition coefficient (Wildman–Crippen LogP) is 0.424. The maximum absolute atomic E-state index is 11.5. The van der Waals surface area contributed by atoms with Crippen LogP contribution in [-0.4, -0.2) is 31.3 Å². The summed E-state index contributed by atoms with van der Waals surface area (Å²) in [5.41, 5.74) is 6.26. The average molecular weight is 280 g/mol. The van der Waals surface area contributed by atoms with Crippen LogP contribution >= 0.6 is 11.8 Å². The molecule has 0 aliphatic heterocycles. The summed E-state index contributed by atoms with van der Waals surface area (Å²) in [6, 6.07) is 0. The van der Waals surface area contributed by atoms with E-state index in [0.29, 0.717) is 23.4 Å². The minimum Gasteiger partial charge on any atom is -0.330 e. The minimum absolute atomic E-state index is 0.205. The molecule has 0 atom stereocenters. The topological polar surface area (TPSA) is 102 Å². The van der Waals surface area contributed by atoms with Crippen molar-refractivity contribution < 1.29 is 0 Å². The first-order valence-electron chi connectivity index (χ1n) is 6.08. The van der Waals surface area contributed by atoms with Gasteiger partial charge in [0.2, 0.25) is 0 Å². The van der Waals surface area contributed by atoms with Gasteiger partial charge in [-0.05, 0) is 36.7 Å². The molecule has 0 radical (unpaired) electrons. The third-order valence-electron chi connectivity index (χ3n) is 2.47. The molecule has 0 saturated heterocycles. The number of rotatable bonds is 6. The van der Waals surface area contributed by atoms with Crippen LogP contribution in [0.5, 0.6) is 0 Å². The Labute approximate surface area is 114 Å². The van der Waals surface area contributed by atoms with Crippen molar-refractivity contribution in [1.82, 2.24) is 24.7 Å². The fourth-order valence-electron chi connectivity index (χ4n) is 1.57. The molecule has 2 heterocycles. The Kier molecular flexibility index (Phi) is 4.69. The van der Waals surface area contributed by atoms with Gasteiger partial charge in [-0.25, -0.2) is 19.9 Å². The van der Waals surface area contributed by atoms with Crippen molar-refractivity contribution in [2.24, 2.45) is 5.73 Å². The number of nitrogens with zero attached hydrogens (tertiary/aromatic N) is 4. The zero-order valence-electron chi connectivity index (χ0n) is 10.7.